The van der Waals surface area contributed by atoms with Crippen molar-refractivity contribution in [1.29, 1.82) is 0 Å². The maximum absolute atomic E-state index is 14.1. The molecule has 0 aliphatic rings. The van der Waals surface area contributed by atoms with Crippen LogP contribution in [0.4, 0.5) is 10.1 Å². The number of rotatable bonds is 6. The number of nitrogens with zero attached hydrogens (tertiary/aromatic N) is 3. The van der Waals surface area contributed by atoms with Crippen LogP contribution < -0.4 is 4.74 Å². The van der Waals surface area contributed by atoms with Gasteiger partial charge in [0.05, 0.1) is 10.6 Å². The van der Waals surface area contributed by atoms with Crippen molar-refractivity contribution in [3.05, 3.63) is 112 Å². The molecular formula is C27H18FN3O4. The number of halogens is 1. The summed E-state index contributed by atoms with van der Waals surface area (Å²) in [6.45, 7) is -0.0280. The van der Waals surface area contributed by atoms with E-state index in [9.17, 15) is 19.6 Å². The van der Waals surface area contributed by atoms with Crippen LogP contribution >= 0.6 is 0 Å². The summed E-state index contributed by atoms with van der Waals surface area (Å²) in [5, 5.41) is 22.5. The zero-order valence-corrected chi connectivity index (χ0v) is 18.3. The SMILES string of the molecule is O=[N+]([O-])c1ccc(-c2cc(OCc3ccccc3F)nc(-c3ccc4cc(O)ccc4c3)n2)cc1. The van der Waals surface area contributed by atoms with Gasteiger partial charge in [-0.2, -0.15) is 4.98 Å². The number of nitro benzene ring substituents is 1. The van der Waals surface area contributed by atoms with Crippen molar-refractivity contribution >= 4 is 16.5 Å². The number of ether oxygens (including phenoxy) is 1. The largest absolute Gasteiger partial charge is 0.508 e. The highest BCUT2D eigenvalue weighted by molar-refractivity contribution is 5.87. The Morgan fingerprint density at radius 2 is 1.57 bits per heavy atom. The van der Waals surface area contributed by atoms with Gasteiger partial charge in [0.2, 0.25) is 5.88 Å². The molecule has 0 amide bonds. The van der Waals surface area contributed by atoms with E-state index < -0.39 is 4.92 Å². The van der Waals surface area contributed by atoms with Crippen LogP contribution in [-0.2, 0) is 6.61 Å². The molecule has 0 fully saturated rings. The Kier molecular flexibility index (Phi) is 5.76. The molecule has 5 aromatic rings. The van der Waals surface area contributed by atoms with Gasteiger partial charge < -0.3 is 9.84 Å². The number of non-ortho nitro benzene ring substituents is 1. The molecule has 0 radical (unpaired) electrons. The average Bonchev–Trinajstić information content (AvgIpc) is 2.88. The Hall–Kier alpha value is -4.85. The van der Waals surface area contributed by atoms with E-state index in [1.165, 1.54) is 18.2 Å². The molecule has 0 aliphatic carbocycles. The lowest BCUT2D eigenvalue weighted by atomic mass is 10.1. The Bertz CT molecular complexity index is 1550. The van der Waals surface area contributed by atoms with E-state index in [1.54, 1.807) is 54.6 Å². The number of fused-ring (bicyclic) bond motifs is 1. The van der Waals surface area contributed by atoms with Crippen LogP contribution in [0.2, 0.25) is 0 Å². The van der Waals surface area contributed by atoms with Crippen molar-refractivity contribution < 1.29 is 19.2 Å². The Balaban J connectivity index is 1.56. The summed E-state index contributed by atoms with van der Waals surface area (Å²) in [7, 11) is 0. The number of phenolic OH excluding ortho intramolecular Hbond substituents is 1. The van der Waals surface area contributed by atoms with Crippen molar-refractivity contribution in [3.63, 3.8) is 0 Å². The summed E-state index contributed by atoms with van der Waals surface area (Å²) >= 11 is 0. The minimum Gasteiger partial charge on any atom is -0.508 e. The van der Waals surface area contributed by atoms with Crippen molar-refractivity contribution in [2.75, 3.05) is 0 Å². The maximum Gasteiger partial charge on any atom is 0.269 e. The van der Waals surface area contributed by atoms with Crippen molar-refractivity contribution in [2.45, 2.75) is 6.61 Å². The minimum absolute atomic E-state index is 0.0280. The first kappa shape index (κ1) is 22.0. The minimum atomic E-state index is -0.467. The molecule has 0 saturated heterocycles. The predicted octanol–water partition coefficient (Wildman–Crippen LogP) is 6.30. The first-order valence-corrected chi connectivity index (χ1v) is 10.7. The molecule has 0 bridgehead atoms. The molecule has 35 heavy (non-hydrogen) atoms. The van der Waals surface area contributed by atoms with E-state index in [-0.39, 0.29) is 29.7 Å². The summed E-state index contributed by atoms with van der Waals surface area (Å²) in [5.74, 6) is 0.400. The van der Waals surface area contributed by atoms with Crippen molar-refractivity contribution in [2.24, 2.45) is 0 Å². The third-order valence-electron chi connectivity index (χ3n) is 5.49. The number of hydrogen-bond donors (Lipinski definition) is 1. The van der Waals surface area contributed by atoms with Gasteiger partial charge in [-0.15, -0.1) is 0 Å². The van der Waals surface area contributed by atoms with E-state index in [0.717, 1.165) is 10.8 Å². The van der Waals surface area contributed by atoms with Crippen LogP contribution in [0.3, 0.4) is 0 Å². The second kappa shape index (κ2) is 9.18. The topological polar surface area (TPSA) is 98.4 Å². The summed E-state index contributed by atoms with van der Waals surface area (Å²) < 4.78 is 19.9. The molecule has 4 aromatic carbocycles. The number of aromatic hydroxyl groups is 1. The lowest BCUT2D eigenvalue weighted by Crippen LogP contribution is -2.02. The zero-order chi connectivity index (χ0) is 24.4. The van der Waals surface area contributed by atoms with Gasteiger partial charge in [-0.05, 0) is 47.2 Å². The lowest BCUT2D eigenvalue weighted by molar-refractivity contribution is -0.384. The monoisotopic (exact) mass is 467 g/mol. The Morgan fingerprint density at radius 3 is 2.34 bits per heavy atom. The maximum atomic E-state index is 14.1. The molecule has 0 spiro atoms. The zero-order valence-electron chi connectivity index (χ0n) is 18.3. The highest BCUT2D eigenvalue weighted by Gasteiger charge is 2.13. The van der Waals surface area contributed by atoms with E-state index in [1.807, 2.05) is 18.2 Å². The molecule has 7 nitrogen and oxygen atoms in total. The van der Waals surface area contributed by atoms with Gasteiger partial charge in [0, 0.05) is 34.9 Å². The molecular weight excluding hydrogens is 449 g/mol. The number of hydrogen-bond acceptors (Lipinski definition) is 6. The fourth-order valence-electron chi connectivity index (χ4n) is 3.67. The molecule has 1 N–H and O–H groups in total. The fourth-order valence-corrected chi connectivity index (χ4v) is 3.67. The molecule has 0 saturated carbocycles. The first-order chi connectivity index (χ1) is 17.0. The molecule has 0 unspecified atom stereocenters. The van der Waals surface area contributed by atoms with Crippen LogP contribution in [0.25, 0.3) is 33.4 Å². The Labute approximate surface area is 199 Å². The van der Waals surface area contributed by atoms with E-state index in [2.05, 4.69) is 9.97 Å². The quantitative estimate of drug-likeness (QED) is 0.233. The number of nitro groups is 1. The van der Waals surface area contributed by atoms with Crippen LogP contribution in [0, 0.1) is 15.9 Å². The van der Waals surface area contributed by atoms with Gasteiger partial charge >= 0.3 is 0 Å². The van der Waals surface area contributed by atoms with Gasteiger partial charge in [0.15, 0.2) is 5.82 Å². The molecule has 172 valence electrons. The molecule has 5 rings (SSSR count). The van der Waals surface area contributed by atoms with Gasteiger partial charge in [-0.25, -0.2) is 9.37 Å². The van der Waals surface area contributed by atoms with Gasteiger partial charge in [-0.1, -0.05) is 36.4 Å². The highest BCUT2D eigenvalue weighted by atomic mass is 19.1. The van der Waals surface area contributed by atoms with Crippen LogP contribution in [0.15, 0.2) is 91.0 Å². The van der Waals surface area contributed by atoms with Crippen LogP contribution in [0.1, 0.15) is 5.56 Å². The molecule has 0 aliphatic heterocycles. The van der Waals surface area contributed by atoms with E-state index in [4.69, 9.17) is 4.74 Å². The van der Waals surface area contributed by atoms with Crippen LogP contribution in [0.5, 0.6) is 11.6 Å². The van der Waals surface area contributed by atoms with Crippen LogP contribution in [-0.4, -0.2) is 20.0 Å². The van der Waals surface area contributed by atoms with Crippen molar-refractivity contribution in [3.8, 4) is 34.3 Å². The highest BCUT2D eigenvalue weighted by Crippen LogP contribution is 2.30. The van der Waals surface area contributed by atoms with Crippen molar-refractivity contribution in [1.82, 2.24) is 9.97 Å². The summed E-state index contributed by atoms with van der Waals surface area (Å²) in [4.78, 5) is 19.8. The normalized spacial score (nSPS) is 10.9. The third-order valence-corrected chi connectivity index (χ3v) is 5.49. The van der Waals surface area contributed by atoms with E-state index in [0.29, 0.717) is 28.2 Å². The fraction of sp³-hybridized carbons (Fsp3) is 0.0370. The standard InChI is InChI=1S/C27H18FN3O4/c28-24-4-2-1-3-21(24)16-35-26-15-25(17-7-10-22(11-8-17)31(33)34)29-27(30-26)20-6-5-19-14-23(32)12-9-18(19)13-20/h1-15,32H,16H2. The second-order valence-electron chi connectivity index (χ2n) is 7.85. The third kappa shape index (κ3) is 4.77. The second-order valence-corrected chi connectivity index (χ2v) is 7.85. The first-order valence-electron chi connectivity index (χ1n) is 10.7. The predicted molar refractivity (Wildman–Crippen MR) is 129 cm³/mol. The summed E-state index contributed by atoms with van der Waals surface area (Å²) in [6, 6.07) is 24.6. The Morgan fingerprint density at radius 1 is 0.857 bits per heavy atom. The number of aromatic nitrogens is 2. The molecule has 8 heteroatoms. The number of phenols is 1. The number of benzene rings is 4. The molecule has 0 atom stereocenters. The molecule has 1 aromatic heterocycles. The van der Waals surface area contributed by atoms with Gasteiger partial charge in [0.1, 0.15) is 18.2 Å². The molecule has 1 heterocycles. The van der Waals surface area contributed by atoms with Gasteiger partial charge in [-0.3, -0.25) is 10.1 Å². The van der Waals surface area contributed by atoms with E-state index >= 15 is 0 Å². The van der Waals surface area contributed by atoms with Gasteiger partial charge in [0.25, 0.3) is 5.69 Å². The average molecular weight is 467 g/mol. The summed E-state index contributed by atoms with van der Waals surface area (Å²) in [6.07, 6.45) is 0. The summed E-state index contributed by atoms with van der Waals surface area (Å²) in [5.41, 5.74) is 2.20. The smallest absolute Gasteiger partial charge is 0.269 e. The lowest BCUT2D eigenvalue weighted by Gasteiger charge is -2.11.